The second-order valence-electron chi connectivity index (χ2n) is 9.65. The Hall–Kier alpha value is -1.06. The van der Waals surface area contributed by atoms with Crippen LogP contribution in [0.3, 0.4) is 0 Å². The summed E-state index contributed by atoms with van der Waals surface area (Å²) in [7, 11) is 0. The summed E-state index contributed by atoms with van der Waals surface area (Å²) >= 11 is 0. The molecule has 3 unspecified atom stereocenters. The zero-order valence-electron chi connectivity index (χ0n) is 14.4. The Bertz CT molecular complexity index is 568. The Morgan fingerprint density at radius 3 is 2.39 bits per heavy atom. The van der Waals surface area contributed by atoms with Gasteiger partial charge in [0.2, 0.25) is 0 Å². The normalized spacial score (nSPS) is 50.7. The second kappa shape index (κ2) is 4.52. The highest BCUT2D eigenvalue weighted by Gasteiger charge is 2.68. The van der Waals surface area contributed by atoms with Crippen LogP contribution < -0.4 is 0 Å². The van der Waals surface area contributed by atoms with Crippen molar-refractivity contribution in [3.63, 3.8) is 0 Å². The lowest BCUT2D eigenvalue weighted by molar-refractivity contribution is -0.242. The molecule has 1 spiro atoms. The predicted molar refractivity (Wildman–Crippen MR) is 84.6 cm³/mol. The van der Waals surface area contributed by atoms with Crippen molar-refractivity contribution in [1.82, 2.24) is 0 Å². The van der Waals surface area contributed by atoms with Gasteiger partial charge < -0.3 is 9.84 Å². The quantitative estimate of drug-likeness (QED) is 0.749. The molecule has 0 aromatic rings. The minimum atomic E-state index is -0.811. The van der Waals surface area contributed by atoms with E-state index in [9.17, 15) is 14.7 Å². The standard InChI is InChI=1S/C19H28O4/c1-17(2)9-14-13(17)5-7-18(3)6-4-12-11(16(21)22)8-15(20)23-19(12,14)10-18/h11-14H,4-10H2,1-3H3,(H,21,22)/t11?,12-,13?,14?,18+,19+/m1/s1. The molecule has 0 amide bonds. The number of carboxylic acids is 1. The van der Waals surface area contributed by atoms with Gasteiger partial charge in [-0.25, -0.2) is 0 Å². The number of carbonyl (C=O) groups excluding carboxylic acids is 1. The third-order valence-electron chi connectivity index (χ3n) is 7.80. The van der Waals surface area contributed by atoms with Crippen LogP contribution in [-0.4, -0.2) is 22.6 Å². The number of esters is 1. The summed E-state index contributed by atoms with van der Waals surface area (Å²) < 4.78 is 6.10. The molecule has 2 bridgehead atoms. The first-order chi connectivity index (χ1) is 10.7. The van der Waals surface area contributed by atoms with Crippen molar-refractivity contribution < 1.29 is 19.4 Å². The van der Waals surface area contributed by atoms with Gasteiger partial charge in [-0.15, -0.1) is 0 Å². The van der Waals surface area contributed by atoms with Crippen molar-refractivity contribution in [2.24, 2.45) is 34.5 Å². The maximum absolute atomic E-state index is 12.3. The zero-order valence-corrected chi connectivity index (χ0v) is 14.4. The van der Waals surface area contributed by atoms with Gasteiger partial charge in [-0.1, -0.05) is 20.8 Å². The van der Waals surface area contributed by atoms with E-state index in [1.807, 2.05) is 0 Å². The van der Waals surface area contributed by atoms with Crippen LogP contribution in [0.1, 0.15) is 65.7 Å². The maximum Gasteiger partial charge on any atom is 0.307 e. The zero-order chi connectivity index (χ0) is 16.6. The highest BCUT2D eigenvalue weighted by Crippen LogP contribution is 2.68. The Balaban J connectivity index is 1.80. The first-order valence-corrected chi connectivity index (χ1v) is 9.12. The number of rotatable bonds is 1. The van der Waals surface area contributed by atoms with Gasteiger partial charge in [0.1, 0.15) is 5.60 Å². The van der Waals surface area contributed by atoms with Gasteiger partial charge in [0.05, 0.1) is 12.3 Å². The minimum Gasteiger partial charge on any atom is -0.481 e. The number of hydrogen-bond acceptors (Lipinski definition) is 3. The maximum atomic E-state index is 12.3. The van der Waals surface area contributed by atoms with E-state index in [0.29, 0.717) is 17.3 Å². The van der Waals surface area contributed by atoms with E-state index in [4.69, 9.17) is 4.74 Å². The van der Waals surface area contributed by atoms with Crippen molar-refractivity contribution in [1.29, 1.82) is 0 Å². The van der Waals surface area contributed by atoms with E-state index in [1.165, 1.54) is 12.8 Å². The van der Waals surface area contributed by atoms with Crippen molar-refractivity contribution in [3.8, 4) is 0 Å². The molecule has 6 atom stereocenters. The number of fused-ring (bicyclic) bond motifs is 2. The first kappa shape index (κ1) is 15.5. The van der Waals surface area contributed by atoms with E-state index in [2.05, 4.69) is 20.8 Å². The van der Waals surface area contributed by atoms with E-state index < -0.39 is 17.5 Å². The van der Waals surface area contributed by atoms with Gasteiger partial charge in [-0.3, -0.25) is 9.59 Å². The molecule has 23 heavy (non-hydrogen) atoms. The molecule has 1 saturated heterocycles. The summed E-state index contributed by atoms with van der Waals surface area (Å²) in [4.78, 5) is 24.1. The van der Waals surface area contributed by atoms with E-state index in [-0.39, 0.29) is 23.7 Å². The molecule has 4 aliphatic rings. The average Bonchev–Trinajstić information content (AvgIpc) is 2.49. The van der Waals surface area contributed by atoms with Crippen LogP contribution in [0.4, 0.5) is 0 Å². The number of carboxylic acid groups (broad SMARTS) is 1. The van der Waals surface area contributed by atoms with Crippen LogP contribution in [0.5, 0.6) is 0 Å². The molecule has 1 aliphatic heterocycles. The molecule has 1 N–H and O–H groups in total. The second-order valence-corrected chi connectivity index (χ2v) is 9.65. The number of carbonyl (C=O) groups is 2. The monoisotopic (exact) mass is 320 g/mol. The lowest BCUT2D eigenvalue weighted by Crippen LogP contribution is -2.65. The highest BCUT2D eigenvalue weighted by atomic mass is 16.6. The van der Waals surface area contributed by atoms with Crippen LogP contribution in [0.15, 0.2) is 0 Å². The van der Waals surface area contributed by atoms with Crippen LogP contribution in [0.2, 0.25) is 0 Å². The molecule has 4 fully saturated rings. The van der Waals surface area contributed by atoms with E-state index in [0.717, 1.165) is 25.7 Å². The first-order valence-electron chi connectivity index (χ1n) is 9.12. The minimum absolute atomic E-state index is 0.00692. The summed E-state index contributed by atoms with van der Waals surface area (Å²) in [5.41, 5.74) is -0.0208. The van der Waals surface area contributed by atoms with Gasteiger partial charge >= 0.3 is 11.9 Å². The van der Waals surface area contributed by atoms with Crippen LogP contribution in [0.25, 0.3) is 0 Å². The van der Waals surface area contributed by atoms with Crippen LogP contribution in [-0.2, 0) is 14.3 Å². The largest absolute Gasteiger partial charge is 0.481 e. The highest BCUT2D eigenvalue weighted by molar-refractivity contribution is 5.81. The van der Waals surface area contributed by atoms with Crippen molar-refractivity contribution in [3.05, 3.63) is 0 Å². The fourth-order valence-electron chi connectivity index (χ4n) is 6.67. The third-order valence-corrected chi connectivity index (χ3v) is 7.80. The number of aliphatic carboxylic acids is 1. The smallest absolute Gasteiger partial charge is 0.307 e. The van der Waals surface area contributed by atoms with Gasteiger partial charge in [0.25, 0.3) is 0 Å². The van der Waals surface area contributed by atoms with Crippen molar-refractivity contribution in [2.75, 3.05) is 0 Å². The van der Waals surface area contributed by atoms with Crippen LogP contribution in [0, 0.1) is 34.5 Å². The third kappa shape index (κ3) is 2.02. The lowest BCUT2D eigenvalue weighted by Gasteiger charge is -2.63. The molecule has 3 saturated carbocycles. The number of ether oxygens (including phenoxy) is 1. The molecule has 4 nitrogen and oxygen atoms in total. The lowest BCUT2D eigenvalue weighted by atomic mass is 9.46. The van der Waals surface area contributed by atoms with Crippen molar-refractivity contribution >= 4 is 11.9 Å². The fourth-order valence-corrected chi connectivity index (χ4v) is 6.67. The molecule has 0 radical (unpaired) electrons. The molecule has 0 aromatic heterocycles. The fraction of sp³-hybridized carbons (Fsp3) is 0.895. The molecule has 3 aliphatic carbocycles. The summed E-state index contributed by atoms with van der Waals surface area (Å²) in [6, 6.07) is 0. The Labute approximate surface area is 138 Å². The summed E-state index contributed by atoms with van der Waals surface area (Å²) in [5, 5.41) is 9.69. The Morgan fingerprint density at radius 2 is 1.78 bits per heavy atom. The van der Waals surface area contributed by atoms with Gasteiger partial charge in [-0.2, -0.15) is 0 Å². The van der Waals surface area contributed by atoms with Gasteiger partial charge in [0, 0.05) is 11.8 Å². The average molecular weight is 320 g/mol. The molecule has 1 heterocycles. The molecule has 4 rings (SSSR count). The molecule has 0 aromatic carbocycles. The van der Waals surface area contributed by atoms with Crippen LogP contribution >= 0.6 is 0 Å². The molecular formula is C19H28O4. The molecule has 128 valence electrons. The van der Waals surface area contributed by atoms with Crippen molar-refractivity contribution in [2.45, 2.75) is 71.3 Å². The summed E-state index contributed by atoms with van der Waals surface area (Å²) in [6.07, 6.45) is 6.32. The topological polar surface area (TPSA) is 63.6 Å². The van der Waals surface area contributed by atoms with E-state index >= 15 is 0 Å². The SMILES string of the molecule is CC1(C)CC2C1CC[C@]1(C)CC[C@@H]3C(C(=O)O)CC(=O)O[C@]23C1. The summed E-state index contributed by atoms with van der Waals surface area (Å²) in [6.45, 7) is 6.95. The Morgan fingerprint density at radius 1 is 1.13 bits per heavy atom. The molecular weight excluding hydrogens is 292 g/mol. The molecule has 4 heteroatoms. The predicted octanol–water partition coefficient (Wildman–Crippen LogP) is 3.64. The number of hydrogen-bond donors (Lipinski definition) is 1. The summed E-state index contributed by atoms with van der Waals surface area (Å²) in [5.74, 6) is -0.728. The van der Waals surface area contributed by atoms with E-state index in [1.54, 1.807) is 0 Å². The van der Waals surface area contributed by atoms with Gasteiger partial charge in [0.15, 0.2) is 0 Å². The van der Waals surface area contributed by atoms with Gasteiger partial charge in [-0.05, 0) is 55.3 Å². The Kier molecular flexibility index (Phi) is 3.04.